The molecule has 0 N–H and O–H groups in total. The van der Waals surface area contributed by atoms with Gasteiger partial charge in [0.1, 0.15) is 16.4 Å². The average Bonchev–Trinajstić information content (AvgIpc) is 2.14. The Balaban J connectivity index is 2.78. The highest BCUT2D eigenvalue weighted by molar-refractivity contribution is 8.03. The Kier molecular flexibility index (Phi) is 4.63. The van der Waals surface area contributed by atoms with Gasteiger partial charge in [0, 0.05) is 0 Å². The fraction of sp³-hybridized carbons (Fsp3) is 0.143. The van der Waals surface area contributed by atoms with Crippen LogP contribution >= 0.6 is 46.6 Å². The van der Waals surface area contributed by atoms with E-state index in [4.69, 9.17) is 44.8 Å². The largest absolute Gasteiger partial charge is 0.464 e. The summed E-state index contributed by atoms with van der Waals surface area (Å²) in [6.45, 7) is 0. The van der Waals surface area contributed by atoms with Crippen LogP contribution in [-0.2, 0) is 0 Å². The first-order chi connectivity index (χ1) is 6.65. The topological polar surface area (TPSA) is 45.9 Å². The van der Waals surface area contributed by atoms with Crippen molar-refractivity contribution in [2.75, 3.05) is 5.94 Å². The summed E-state index contributed by atoms with van der Waals surface area (Å²) in [4.78, 5) is 3.80. The summed E-state index contributed by atoms with van der Waals surface area (Å²) >= 11 is 18.0. The van der Waals surface area contributed by atoms with Crippen LogP contribution < -0.4 is 4.74 Å². The average molecular weight is 270 g/mol. The van der Waals surface area contributed by atoms with Crippen molar-refractivity contribution in [1.82, 2.24) is 4.98 Å². The van der Waals surface area contributed by atoms with E-state index in [0.29, 0.717) is 0 Å². The molecule has 1 heterocycles. The zero-order chi connectivity index (χ0) is 10.6. The zero-order valence-electron chi connectivity index (χ0n) is 6.63. The van der Waals surface area contributed by atoms with Crippen LogP contribution in [0.3, 0.4) is 0 Å². The lowest BCUT2D eigenvalue weighted by molar-refractivity contribution is 0.378. The molecule has 0 aliphatic heterocycles. The maximum absolute atomic E-state index is 8.24. The molecule has 0 saturated carbocycles. The first-order valence-electron chi connectivity index (χ1n) is 3.30. The van der Waals surface area contributed by atoms with E-state index in [1.165, 1.54) is 6.07 Å². The van der Waals surface area contributed by atoms with Gasteiger partial charge in [0.05, 0.1) is 5.02 Å². The predicted molar refractivity (Wildman–Crippen MR) is 58.0 cm³/mol. The van der Waals surface area contributed by atoms with Gasteiger partial charge in [-0.3, -0.25) is 0 Å². The van der Waals surface area contributed by atoms with E-state index in [9.17, 15) is 0 Å². The Labute approximate surface area is 99.9 Å². The van der Waals surface area contributed by atoms with Gasteiger partial charge < -0.3 is 4.74 Å². The molecule has 0 bridgehead atoms. The molecule has 1 aromatic heterocycles. The standard InChI is InChI=1S/C7H3Cl3N2OS/c8-4-1-5(9)7(12-6(4)10)13-3-14-2-11/h1H,3H2. The Morgan fingerprint density at radius 1 is 1.43 bits per heavy atom. The summed E-state index contributed by atoms with van der Waals surface area (Å²) in [6, 6.07) is 1.44. The van der Waals surface area contributed by atoms with Crippen LogP contribution in [0.15, 0.2) is 6.07 Å². The molecule has 0 atom stereocenters. The fourth-order valence-electron chi connectivity index (χ4n) is 0.641. The second kappa shape index (κ2) is 5.52. The monoisotopic (exact) mass is 268 g/mol. The number of halogens is 3. The van der Waals surface area contributed by atoms with Crippen molar-refractivity contribution in [1.29, 1.82) is 5.26 Å². The molecule has 0 spiro atoms. The number of ether oxygens (including phenoxy) is 1. The number of rotatable bonds is 3. The van der Waals surface area contributed by atoms with Crippen molar-refractivity contribution in [3.8, 4) is 11.3 Å². The maximum atomic E-state index is 8.24. The molecular weight excluding hydrogens is 267 g/mol. The van der Waals surface area contributed by atoms with Crippen LogP contribution in [0.25, 0.3) is 0 Å². The molecular formula is C7H3Cl3N2OS. The Hall–Kier alpha value is -0.340. The van der Waals surface area contributed by atoms with Crippen molar-refractivity contribution in [3.05, 3.63) is 21.3 Å². The van der Waals surface area contributed by atoms with Crippen LogP contribution in [0, 0.1) is 10.7 Å². The number of nitriles is 1. The van der Waals surface area contributed by atoms with Gasteiger partial charge in [0.25, 0.3) is 0 Å². The third kappa shape index (κ3) is 3.10. The summed E-state index contributed by atoms with van der Waals surface area (Å²) in [5, 5.41) is 10.7. The molecule has 3 nitrogen and oxygen atoms in total. The van der Waals surface area contributed by atoms with Crippen LogP contribution in [-0.4, -0.2) is 10.9 Å². The van der Waals surface area contributed by atoms with Crippen molar-refractivity contribution < 1.29 is 4.74 Å². The van der Waals surface area contributed by atoms with Crippen molar-refractivity contribution >= 4 is 46.6 Å². The minimum atomic E-state index is 0.119. The van der Waals surface area contributed by atoms with Crippen LogP contribution in [0.2, 0.25) is 15.2 Å². The van der Waals surface area contributed by atoms with E-state index in [-0.39, 0.29) is 27.0 Å². The lowest BCUT2D eigenvalue weighted by Crippen LogP contribution is -1.95. The van der Waals surface area contributed by atoms with Gasteiger partial charge in [-0.05, 0) is 17.8 Å². The minimum Gasteiger partial charge on any atom is -0.464 e. The summed E-state index contributed by atoms with van der Waals surface area (Å²) < 4.78 is 5.07. The second-order valence-electron chi connectivity index (χ2n) is 2.05. The van der Waals surface area contributed by atoms with Gasteiger partial charge in [-0.15, -0.1) is 0 Å². The molecule has 1 rings (SSSR count). The highest BCUT2D eigenvalue weighted by Gasteiger charge is 2.08. The zero-order valence-corrected chi connectivity index (χ0v) is 9.71. The molecule has 0 fully saturated rings. The summed E-state index contributed by atoms with van der Waals surface area (Å²) in [7, 11) is 0. The first kappa shape index (κ1) is 11.7. The Bertz CT molecular complexity index is 380. The molecule has 0 aliphatic rings. The molecule has 0 saturated heterocycles. The van der Waals surface area contributed by atoms with Crippen molar-refractivity contribution in [3.63, 3.8) is 0 Å². The molecule has 7 heteroatoms. The SMILES string of the molecule is N#CSCOc1nc(Cl)c(Cl)cc1Cl. The van der Waals surface area contributed by atoms with Gasteiger partial charge in [0.2, 0.25) is 5.88 Å². The van der Waals surface area contributed by atoms with E-state index in [2.05, 4.69) is 4.98 Å². The molecule has 1 aromatic rings. The lowest BCUT2D eigenvalue weighted by atomic mass is 10.5. The summed E-state index contributed by atoms with van der Waals surface area (Å²) in [6.07, 6.45) is 0. The summed E-state index contributed by atoms with van der Waals surface area (Å²) in [5.74, 6) is 0.310. The van der Waals surface area contributed by atoms with E-state index in [1.807, 2.05) is 5.40 Å². The Morgan fingerprint density at radius 3 is 2.79 bits per heavy atom. The quantitative estimate of drug-likeness (QED) is 0.364. The molecule has 0 aliphatic carbocycles. The molecule has 0 aromatic carbocycles. The van der Waals surface area contributed by atoms with Crippen LogP contribution in [0.5, 0.6) is 5.88 Å². The maximum Gasteiger partial charge on any atom is 0.235 e. The van der Waals surface area contributed by atoms with E-state index < -0.39 is 0 Å². The second-order valence-corrected chi connectivity index (χ2v) is 3.93. The highest BCUT2D eigenvalue weighted by atomic mass is 35.5. The van der Waals surface area contributed by atoms with Gasteiger partial charge >= 0.3 is 0 Å². The predicted octanol–water partition coefficient (Wildman–Crippen LogP) is 3.59. The molecule has 74 valence electrons. The number of thioether (sulfide) groups is 1. The molecule has 0 amide bonds. The number of nitrogens with zero attached hydrogens (tertiary/aromatic N) is 2. The van der Waals surface area contributed by atoms with Gasteiger partial charge in [-0.25, -0.2) is 0 Å². The first-order valence-corrected chi connectivity index (χ1v) is 5.42. The minimum absolute atomic E-state index is 0.119. The summed E-state index contributed by atoms with van der Waals surface area (Å²) in [5.41, 5.74) is 0. The van der Waals surface area contributed by atoms with Crippen LogP contribution in [0.1, 0.15) is 0 Å². The van der Waals surface area contributed by atoms with E-state index in [1.54, 1.807) is 0 Å². The Morgan fingerprint density at radius 2 is 2.14 bits per heavy atom. The van der Waals surface area contributed by atoms with Crippen molar-refractivity contribution in [2.45, 2.75) is 0 Å². The van der Waals surface area contributed by atoms with Gasteiger partial charge in [-0.2, -0.15) is 10.2 Å². The smallest absolute Gasteiger partial charge is 0.235 e. The third-order valence-corrected chi connectivity index (χ3v) is 2.48. The lowest BCUT2D eigenvalue weighted by Gasteiger charge is -2.05. The number of pyridine rings is 1. The van der Waals surface area contributed by atoms with Crippen LogP contribution in [0.4, 0.5) is 0 Å². The van der Waals surface area contributed by atoms with E-state index in [0.717, 1.165) is 11.8 Å². The number of hydrogen-bond donors (Lipinski definition) is 0. The third-order valence-electron chi connectivity index (χ3n) is 1.17. The molecule has 0 radical (unpaired) electrons. The number of hydrogen-bond acceptors (Lipinski definition) is 4. The number of thiocyanates is 1. The normalized spacial score (nSPS) is 9.57. The van der Waals surface area contributed by atoms with Gasteiger partial charge in [-0.1, -0.05) is 34.8 Å². The van der Waals surface area contributed by atoms with Gasteiger partial charge in [0.15, 0.2) is 5.15 Å². The highest BCUT2D eigenvalue weighted by Crippen LogP contribution is 2.30. The number of aromatic nitrogens is 1. The fourth-order valence-corrected chi connectivity index (χ4v) is 1.41. The van der Waals surface area contributed by atoms with Crippen molar-refractivity contribution in [2.24, 2.45) is 0 Å². The molecule has 14 heavy (non-hydrogen) atoms. The molecule has 0 unspecified atom stereocenters. The van der Waals surface area contributed by atoms with E-state index >= 15 is 0 Å².